The van der Waals surface area contributed by atoms with Crippen molar-refractivity contribution in [3.8, 4) is 11.1 Å². The smallest absolute Gasteiger partial charge is 0.294 e. The molecule has 0 saturated carbocycles. The van der Waals surface area contributed by atoms with Crippen LogP contribution >= 0.6 is 0 Å². The van der Waals surface area contributed by atoms with Crippen LogP contribution in [-0.2, 0) is 11.8 Å². The molecule has 1 unspecified atom stereocenters. The van der Waals surface area contributed by atoms with Crippen molar-refractivity contribution < 1.29 is 14.0 Å². The van der Waals surface area contributed by atoms with Crippen LogP contribution in [0.4, 0.5) is 5.69 Å². The molecule has 1 aromatic carbocycles. The molecule has 8 nitrogen and oxygen atoms in total. The predicted molar refractivity (Wildman–Crippen MR) is 145 cm³/mol. The number of allylic oxidation sites excluding steroid dienone is 2. The molecule has 1 aliphatic rings. The van der Waals surface area contributed by atoms with E-state index in [1.165, 1.54) is 11.2 Å². The van der Waals surface area contributed by atoms with E-state index in [9.17, 15) is 9.59 Å². The summed E-state index contributed by atoms with van der Waals surface area (Å²) >= 11 is 0. The van der Waals surface area contributed by atoms with E-state index in [-0.39, 0.29) is 17.7 Å². The fourth-order valence-corrected chi connectivity index (χ4v) is 4.57. The van der Waals surface area contributed by atoms with Crippen molar-refractivity contribution in [1.29, 1.82) is 0 Å². The number of carbonyl (C=O) groups excluding carboxylic acids is 2. The quantitative estimate of drug-likeness (QED) is 0.352. The number of carbonyl (C=O) groups is 2. The molecule has 192 valence electrons. The number of aromatic nitrogens is 3. The van der Waals surface area contributed by atoms with E-state index in [1.54, 1.807) is 47.5 Å². The first-order chi connectivity index (χ1) is 18.5. The highest BCUT2D eigenvalue weighted by Crippen LogP contribution is 2.32. The first kappa shape index (κ1) is 25.0. The average Bonchev–Trinajstić information content (AvgIpc) is 3.65. The number of hydrogen-bond donors (Lipinski definition) is 1. The molecule has 0 saturated heterocycles. The van der Waals surface area contributed by atoms with Crippen molar-refractivity contribution in [2.45, 2.75) is 31.8 Å². The Balaban J connectivity index is 1.55. The van der Waals surface area contributed by atoms with Crippen LogP contribution in [0.2, 0.25) is 0 Å². The van der Waals surface area contributed by atoms with Gasteiger partial charge >= 0.3 is 0 Å². The second-order valence-electron chi connectivity index (χ2n) is 9.21. The standard InChI is InChI=1S/C30H29N5O3/c1-21(22-8-4-3-5-9-22)33-29(36)28(24-10-6-16-31-18-24)35(30(37)27-11-7-17-38-27)26-14-12-23(13-15-26)25-19-32-34(2)20-25/h4,6-21,28H,3,5H2,1-2H3,(H,33,36)/t21-,28?/m0/s1. The normalized spacial score (nSPS) is 14.4. The molecule has 0 radical (unpaired) electrons. The molecule has 4 aromatic rings. The number of hydrogen-bond acceptors (Lipinski definition) is 5. The molecular weight excluding hydrogens is 478 g/mol. The van der Waals surface area contributed by atoms with Crippen molar-refractivity contribution in [2.75, 3.05) is 4.90 Å². The maximum atomic E-state index is 14.0. The zero-order chi connectivity index (χ0) is 26.5. The fourth-order valence-electron chi connectivity index (χ4n) is 4.57. The van der Waals surface area contributed by atoms with Gasteiger partial charge in [-0.25, -0.2) is 0 Å². The van der Waals surface area contributed by atoms with Crippen molar-refractivity contribution in [3.63, 3.8) is 0 Å². The highest BCUT2D eigenvalue weighted by atomic mass is 16.3. The second-order valence-corrected chi connectivity index (χ2v) is 9.21. The molecule has 5 rings (SSSR count). The van der Waals surface area contributed by atoms with E-state index < -0.39 is 11.9 Å². The number of furan rings is 1. The Bertz CT molecular complexity index is 1450. The van der Waals surface area contributed by atoms with Gasteiger partial charge in [0.25, 0.3) is 5.91 Å². The maximum Gasteiger partial charge on any atom is 0.294 e. The average molecular weight is 508 g/mol. The minimum atomic E-state index is -0.985. The Labute approximate surface area is 221 Å². The summed E-state index contributed by atoms with van der Waals surface area (Å²) in [5.74, 6) is -0.617. The summed E-state index contributed by atoms with van der Waals surface area (Å²) in [6.07, 6.45) is 16.6. The summed E-state index contributed by atoms with van der Waals surface area (Å²) in [4.78, 5) is 33.5. The molecule has 2 atom stereocenters. The minimum Gasteiger partial charge on any atom is -0.459 e. The zero-order valence-electron chi connectivity index (χ0n) is 21.3. The minimum absolute atomic E-state index is 0.133. The fraction of sp³-hybridized carbons (Fsp3) is 0.200. The summed E-state index contributed by atoms with van der Waals surface area (Å²) in [6.45, 7) is 1.95. The highest BCUT2D eigenvalue weighted by molar-refractivity contribution is 6.08. The molecular formula is C30H29N5O3. The lowest BCUT2D eigenvalue weighted by molar-refractivity contribution is -0.122. The van der Waals surface area contributed by atoms with Gasteiger partial charge in [-0.1, -0.05) is 36.4 Å². The molecule has 0 fully saturated rings. The molecule has 0 bridgehead atoms. The monoisotopic (exact) mass is 507 g/mol. The Hall–Kier alpha value is -4.72. The third-order valence-electron chi connectivity index (χ3n) is 6.52. The molecule has 1 aliphatic carbocycles. The topological polar surface area (TPSA) is 93.3 Å². The maximum absolute atomic E-state index is 14.0. The molecule has 0 aliphatic heterocycles. The predicted octanol–water partition coefficient (Wildman–Crippen LogP) is 5.24. The van der Waals surface area contributed by atoms with E-state index in [0.717, 1.165) is 29.5 Å². The van der Waals surface area contributed by atoms with Crippen LogP contribution in [0.15, 0.2) is 108 Å². The molecule has 38 heavy (non-hydrogen) atoms. The van der Waals surface area contributed by atoms with Gasteiger partial charge in [-0.15, -0.1) is 0 Å². The first-order valence-electron chi connectivity index (χ1n) is 12.5. The lowest BCUT2D eigenvalue weighted by Crippen LogP contribution is -2.46. The number of anilines is 1. The van der Waals surface area contributed by atoms with Gasteiger partial charge in [0, 0.05) is 42.5 Å². The molecule has 8 heteroatoms. The number of benzene rings is 1. The van der Waals surface area contributed by atoms with Crippen molar-refractivity contribution in [1.82, 2.24) is 20.1 Å². The Morgan fingerprint density at radius 3 is 2.53 bits per heavy atom. The summed E-state index contributed by atoms with van der Waals surface area (Å²) < 4.78 is 7.20. The van der Waals surface area contributed by atoms with Crippen LogP contribution in [0.1, 0.15) is 41.9 Å². The Kier molecular flexibility index (Phi) is 7.31. The van der Waals surface area contributed by atoms with Crippen LogP contribution in [0.5, 0.6) is 0 Å². The van der Waals surface area contributed by atoms with E-state index in [1.807, 2.05) is 50.5 Å². The van der Waals surface area contributed by atoms with E-state index in [2.05, 4.69) is 27.6 Å². The number of amides is 2. The molecule has 1 N–H and O–H groups in total. The van der Waals surface area contributed by atoms with Crippen LogP contribution < -0.4 is 10.2 Å². The third-order valence-corrected chi connectivity index (χ3v) is 6.52. The van der Waals surface area contributed by atoms with Gasteiger partial charge in [0.15, 0.2) is 5.76 Å². The number of aryl methyl sites for hydroxylation is 1. The lowest BCUT2D eigenvalue weighted by atomic mass is 9.99. The number of nitrogens with one attached hydrogen (secondary N) is 1. The molecule has 0 spiro atoms. The summed E-state index contributed by atoms with van der Waals surface area (Å²) in [7, 11) is 1.86. The second kappa shape index (κ2) is 11.1. The largest absolute Gasteiger partial charge is 0.459 e. The van der Waals surface area contributed by atoms with Crippen LogP contribution in [-0.4, -0.2) is 32.6 Å². The summed E-state index contributed by atoms with van der Waals surface area (Å²) in [5, 5.41) is 7.36. The van der Waals surface area contributed by atoms with Gasteiger partial charge in [0.1, 0.15) is 6.04 Å². The van der Waals surface area contributed by atoms with Crippen LogP contribution in [0.25, 0.3) is 11.1 Å². The van der Waals surface area contributed by atoms with Crippen molar-refractivity contribution in [3.05, 3.63) is 115 Å². The summed E-state index contributed by atoms with van der Waals surface area (Å²) in [5.41, 5.74) is 4.07. The number of nitrogens with zero attached hydrogens (tertiary/aromatic N) is 4. The van der Waals surface area contributed by atoms with E-state index in [0.29, 0.717) is 11.3 Å². The van der Waals surface area contributed by atoms with Crippen molar-refractivity contribution >= 4 is 17.5 Å². The van der Waals surface area contributed by atoms with Gasteiger partial charge in [-0.2, -0.15) is 5.10 Å². The van der Waals surface area contributed by atoms with Crippen LogP contribution in [0.3, 0.4) is 0 Å². The van der Waals surface area contributed by atoms with Crippen LogP contribution in [0, 0.1) is 0 Å². The zero-order valence-corrected chi connectivity index (χ0v) is 21.3. The van der Waals surface area contributed by atoms with Gasteiger partial charge < -0.3 is 9.73 Å². The van der Waals surface area contributed by atoms with E-state index >= 15 is 0 Å². The van der Waals surface area contributed by atoms with Gasteiger partial charge in [0.05, 0.1) is 18.5 Å². The first-order valence-corrected chi connectivity index (χ1v) is 12.5. The van der Waals surface area contributed by atoms with E-state index in [4.69, 9.17) is 4.42 Å². The van der Waals surface area contributed by atoms with Gasteiger partial charge in [-0.3, -0.25) is 24.2 Å². The third kappa shape index (κ3) is 5.34. The number of pyridine rings is 1. The SMILES string of the molecule is C[C@H](NC(=O)C(c1cccnc1)N(C(=O)c1ccco1)c1ccc(-c2cnn(C)c2)cc1)C1=CCCC=C1. The van der Waals surface area contributed by atoms with Gasteiger partial charge in [-0.05, 0) is 61.2 Å². The Morgan fingerprint density at radius 1 is 1.05 bits per heavy atom. The summed E-state index contributed by atoms with van der Waals surface area (Å²) in [6, 6.07) is 13.1. The van der Waals surface area contributed by atoms with Crippen molar-refractivity contribution in [2.24, 2.45) is 7.05 Å². The molecule has 3 heterocycles. The number of rotatable bonds is 8. The molecule has 2 amide bonds. The van der Waals surface area contributed by atoms with Gasteiger partial charge in [0.2, 0.25) is 5.91 Å². The lowest BCUT2D eigenvalue weighted by Gasteiger charge is -2.32. The molecule has 3 aromatic heterocycles. The highest BCUT2D eigenvalue weighted by Gasteiger charge is 2.35. The Morgan fingerprint density at radius 2 is 1.89 bits per heavy atom.